The lowest BCUT2D eigenvalue weighted by Gasteiger charge is -2.08. The fraction of sp³-hybridized carbons (Fsp3) is 0.250. The van der Waals surface area contributed by atoms with E-state index in [0.29, 0.717) is 12.4 Å². The number of hydrogen-bond donors (Lipinski definition) is 1. The molecule has 0 aliphatic carbocycles. The summed E-state index contributed by atoms with van der Waals surface area (Å²) in [7, 11) is 0. The molecule has 1 aromatic carbocycles. The van der Waals surface area contributed by atoms with E-state index in [1.54, 1.807) is 19.9 Å². The first-order valence-corrected chi connectivity index (χ1v) is 5.67. The highest BCUT2D eigenvalue weighted by Crippen LogP contribution is 2.24. The van der Waals surface area contributed by atoms with Crippen LogP contribution in [0, 0.1) is 12.7 Å². The summed E-state index contributed by atoms with van der Waals surface area (Å²) < 4.78 is 23.7. The van der Waals surface area contributed by atoms with Crippen molar-refractivity contribution in [1.82, 2.24) is 15.0 Å². The average Bonchev–Trinajstić information content (AvgIpc) is 2.33. The zero-order valence-corrected chi connectivity index (χ0v) is 10.6. The van der Waals surface area contributed by atoms with E-state index in [1.165, 1.54) is 12.1 Å². The van der Waals surface area contributed by atoms with Crippen LogP contribution >= 0.6 is 0 Å². The number of benzene rings is 1. The fourth-order valence-corrected chi connectivity index (χ4v) is 1.37. The molecule has 0 amide bonds. The molecule has 7 heteroatoms. The first kappa shape index (κ1) is 13.0. The van der Waals surface area contributed by atoms with Gasteiger partial charge in [-0.15, -0.1) is 4.98 Å². The Kier molecular flexibility index (Phi) is 3.74. The lowest BCUT2D eigenvalue weighted by Crippen LogP contribution is -2.05. The molecule has 1 heterocycles. The maximum Gasteiger partial charge on any atom is 0.330 e. The number of aryl methyl sites for hydroxylation is 1. The first-order valence-electron chi connectivity index (χ1n) is 5.67. The predicted octanol–water partition coefficient (Wildman–Crippen LogP) is 2.09. The second-order valence-corrected chi connectivity index (χ2v) is 3.70. The van der Waals surface area contributed by atoms with E-state index >= 15 is 0 Å². The fourth-order valence-electron chi connectivity index (χ4n) is 1.37. The molecular weight excluding hydrogens is 251 g/mol. The van der Waals surface area contributed by atoms with Gasteiger partial charge in [0.25, 0.3) is 0 Å². The minimum atomic E-state index is -0.410. The van der Waals surface area contributed by atoms with Crippen molar-refractivity contribution >= 4 is 5.95 Å². The molecule has 0 saturated heterocycles. The Balaban J connectivity index is 2.29. The van der Waals surface area contributed by atoms with Crippen LogP contribution in [0.3, 0.4) is 0 Å². The molecule has 2 aromatic rings. The molecule has 0 bridgehead atoms. The molecular formula is C12H13FN4O2. The van der Waals surface area contributed by atoms with Crippen LogP contribution in [0.25, 0.3) is 0 Å². The Morgan fingerprint density at radius 3 is 2.68 bits per heavy atom. The normalized spacial score (nSPS) is 10.3. The van der Waals surface area contributed by atoms with E-state index in [1.807, 2.05) is 0 Å². The summed E-state index contributed by atoms with van der Waals surface area (Å²) in [6, 6.07) is 4.22. The van der Waals surface area contributed by atoms with Crippen LogP contribution in [0.4, 0.5) is 10.3 Å². The zero-order valence-electron chi connectivity index (χ0n) is 10.6. The van der Waals surface area contributed by atoms with Crippen LogP contribution in [-0.2, 0) is 0 Å². The van der Waals surface area contributed by atoms with E-state index < -0.39 is 5.82 Å². The Labute approximate surface area is 109 Å². The highest BCUT2D eigenvalue weighted by Gasteiger charge is 2.09. The molecule has 6 nitrogen and oxygen atoms in total. The number of nitrogens with two attached hydrogens (primary N) is 1. The minimum Gasteiger partial charge on any atom is -0.464 e. The highest BCUT2D eigenvalue weighted by molar-refractivity contribution is 5.35. The van der Waals surface area contributed by atoms with Gasteiger partial charge >= 0.3 is 12.0 Å². The standard InChI is InChI=1S/C12H13FN4O2/c1-3-18-11-15-10(14)16-12(17-11)19-9-6-8(13)5-4-7(9)2/h4-6H,3H2,1-2H3,(H2,14,15,16,17). The number of halogens is 1. The summed E-state index contributed by atoms with van der Waals surface area (Å²) in [4.78, 5) is 11.5. The van der Waals surface area contributed by atoms with Gasteiger partial charge in [0.15, 0.2) is 0 Å². The number of ether oxygens (including phenoxy) is 2. The van der Waals surface area contributed by atoms with Gasteiger partial charge in [0, 0.05) is 6.07 Å². The molecule has 1 aromatic heterocycles. The van der Waals surface area contributed by atoms with Crippen molar-refractivity contribution in [3.8, 4) is 17.8 Å². The average molecular weight is 264 g/mol. The van der Waals surface area contributed by atoms with E-state index in [9.17, 15) is 4.39 Å². The summed E-state index contributed by atoms with van der Waals surface area (Å²) >= 11 is 0. The number of anilines is 1. The molecule has 0 radical (unpaired) electrons. The van der Waals surface area contributed by atoms with Crippen molar-refractivity contribution in [3.63, 3.8) is 0 Å². The van der Waals surface area contributed by atoms with Crippen molar-refractivity contribution in [2.24, 2.45) is 0 Å². The van der Waals surface area contributed by atoms with Crippen molar-refractivity contribution in [1.29, 1.82) is 0 Å². The van der Waals surface area contributed by atoms with Gasteiger partial charge in [0.05, 0.1) is 6.61 Å². The maximum absolute atomic E-state index is 13.1. The van der Waals surface area contributed by atoms with Gasteiger partial charge < -0.3 is 15.2 Å². The number of nitrogens with zero attached hydrogens (tertiary/aromatic N) is 3. The molecule has 0 saturated carbocycles. The van der Waals surface area contributed by atoms with Crippen LogP contribution in [-0.4, -0.2) is 21.6 Å². The van der Waals surface area contributed by atoms with Crippen molar-refractivity contribution < 1.29 is 13.9 Å². The number of aromatic nitrogens is 3. The summed E-state index contributed by atoms with van der Waals surface area (Å²) in [6.07, 6.45) is 0. The summed E-state index contributed by atoms with van der Waals surface area (Å²) in [6.45, 7) is 3.96. The first-order chi connectivity index (χ1) is 9.08. The Morgan fingerprint density at radius 1 is 1.21 bits per heavy atom. The third-order valence-electron chi connectivity index (χ3n) is 2.24. The van der Waals surface area contributed by atoms with Crippen LogP contribution in [0.5, 0.6) is 17.8 Å². The van der Waals surface area contributed by atoms with Crippen molar-refractivity contribution in [3.05, 3.63) is 29.6 Å². The molecule has 0 unspecified atom stereocenters. The number of rotatable bonds is 4. The Bertz CT molecular complexity index is 592. The zero-order chi connectivity index (χ0) is 13.8. The smallest absolute Gasteiger partial charge is 0.330 e. The van der Waals surface area contributed by atoms with Gasteiger partial charge in [-0.25, -0.2) is 4.39 Å². The third kappa shape index (κ3) is 3.27. The second kappa shape index (κ2) is 5.47. The van der Waals surface area contributed by atoms with Gasteiger partial charge in [-0.05, 0) is 25.5 Å². The minimum absolute atomic E-state index is 0.0255. The van der Waals surface area contributed by atoms with Gasteiger partial charge in [0.2, 0.25) is 5.95 Å². The lowest BCUT2D eigenvalue weighted by atomic mass is 10.2. The molecule has 19 heavy (non-hydrogen) atoms. The summed E-state index contributed by atoms with van der Waals surface area (Å²) in [5, 5.41) is 0. The predicted molar refractivity (Wildman–Crippen MR) is 66.6 cm³/mol. The Morgan fingerprint density at radius 2 is 1.95 bits per heavy atom. The van der Waals surface area contributed by atoms with E-state index in [4.69, 9.17) is 15.2 Å². The van der Waals surface area contributed by atoms with Gasteiger partial charge in [-0.2, -0.15) is 9.97 Å². The van der Waals surface area contributed by atoms with Crippen molar-refractivity contribution in [2.45, 2.75) is 13.8 Å². The molecule has 100 valence electrons. The van der Waals surface area contributed by atoms with E-state index in [0.717, 1.165) is 5.56 Å². The largest absolute Gasteiger partial charge is 0.464 e. The number of nitrogen functional groups attached to an aromatic ring is 1. The third-order valence-corrected chi connectivity index (χ3v) is 2.24. The molecule has 0 aliphatic rings. The van der Waals surface area contributed by atoms with Crippen LogP contribution in [0.2, 0.25) is 0 Å². The maximum atomic E-state index is 13.1. The summed E-state index contributed by atoms with van der Waals surface area (Å²) in [5.41, 5.74) is 6.26. The Hall–Kier alpha value is -2.44. The quantitative estimate of drug-likeness (QED) is 0.910. The second-order valence-electron chi connectivity index (χ2n) is 3.70. The molecule has 0 spiro atoms. The van der Waals surface area contributed by atoms with Crippen LogP contribution in [0.1, 0.15) is 12.5 Å². The SMILES string of the molecule is CCOc1nc(N)nc(Oc2cc(F)ccc2C)n1. The van der Waals surface area contributed by atoms with Gasteiger partial charge in [-0.1, -0.05) is 6.07 Å². The summed E-state index contributed by atoms with van der Waals surface area (Å²) in [5.74, 6) is -0.122. The van der Waals surface area contributed by atoms with E-state index in [-0.39, 0.29) is 18.0 Å². The molecule has 0 atom stereocenters. The monoisotopic (exact) mass is 264 g/mol. The molecule has 0 aliphatic heterocycles. The highest BCUT2D eigenvalue weighted by atomic mass is 19.1. The van der Waals surface area contributed by atoms with E-state index in [2.05, 4.69) is 15.0 Å². The lowest BCUT2D eigenvalue weighted by molar-refractivity contribution is 0.303. The molecule has 0 fully saturated rings. The van der Waals surface area contributed by atoms with Crippen LogP contribution in [0.15, 0.2) is 18.2 Å². The topological polar surface area (TPSA) is 83.2 Å². The molecule has 2 N–H and O–H groups in total. The van der Waals surface area contributed by atoms with Gasteiger partial charge in [0.1, 0.15) is 11.6 Å². The van der Waals surface area contributed by atoms with Crippen molar-refractivity contribution in [2.75, 3.05) is 12.3 Å². The molecule has 2 rings (SSSR count). The number of hydrogen-bond acceptors (Lipinski definition) is 6. The van der Waals surface area contributed by atoms with Gasteiger partial charge in [-0.3, -0.25) is 0 Å². The van der Waals surface area contributed by atoms with Crippen LogP contribution < -0.4 is 15.2 Å².